The number of sulfonamides is 1. The average Bonchev–Trinajstić information content (AvgIpc) is 3.34. The number of likely N-dealkylation sites (tertiary alicyclic amines) is 1. The van der Waals surface area contributed by atoms with Gasteiger partial charge in [-0.25, -0.2) is 22.7 Å². The lowest BCUT2D eigenvalue weighted by atomic mass is 9.96. The van der Waals surface area contributed by atoms with Gasteiger partial charge in [-0.1, -0.05) is 24.3 Å². The lowest BCUT2D eigenvalue weighted by molar-refractivity contribution is -0.186. The summed E-state index contributed by atoms with van der Waals surface area (Å²) in [7, 11) is -0.326. The largest absolute Gasteiger partial charge is 0.481 e. The number of hydrogen-bond acceptors (Lipinski definition) is 12. The first-order chi connectivity index (χ1) is 23.3. The molecule has 2 aromatic rings. The van der Waals surface area contributed by atoms with Crippen LogP contribution in [0, 0.1) is 0 Å². The molecule has 0 saturated carbocycles. The van der Waals surface area contributed by atoms with Gasteiger partial charge in [0.2, 0.25) is 27.6 Å². The summed E-state index contributed by atoms with van der Waals surface area (Å²) in [6.45, 7) is -1.10. The third-order valence-corrected chi connectivity index (χ3v) is 9.60. The number of benzene rings is 2. The predicted octanol–water partition coefficient (Wildman–Crippen LogP) is -0.541. The van der Waals surface area contributed by atoms with E-state index >= 15 is 0 Å². The van der Waals surface area contributed by atoms with Gasteiger partial charge >= 0.3 is 23.9 Å². The van der Waals surface area contributed by atoms with Crippen molar-refractivity contribution >= 4 is 62.2 Å². The van der Waals surface area contributed by atoms with E-state index in [2.05, 4.69) is 10.0 Å². The van der Waals surface area contributed by atoms with Crippen molar-refractivity contribution in [3.8, 4) is 0 Å². The number of carbonyl (C=O) groups excluding carboxylic acids is 3. The van der Waals surface area contributed by atoms with Gasteiger partial charge in [0.1, 0.15) is 12.6 Å². The average molecular weight is 725 g/mol. The third kappa shape index (κ3) is 9.23. The van der Waals surface area contributed by atoms with Gasteiger partial charge in [0.15, 0.2) is 5.60 Å². The van der Waals surface area contributed by atoms with Crippen LogP contribution in [0.4, 0.5) is 5.69 Å². The third-order valence-electron chi connectivity index (χ3n) is 8.08. The molecular formula is C31H40N4O14S. The second-order valence-corrected chi connectivity index (χ2v) is 13.6. The summed E-state index contributed by atoms with van der Waals surface area (Å²) in [5.41, 5.74) is -4.81. The second kappa shape index (κ2) is 16.2. The molecule has 50 heavy (non-hydrogen) atoms. The Morgan fingerprint density at radius 1 is 1.00 bits per heavy atom. The number of amides is 2. The number of nitrogens with one attached hydrogen (secondary N) is 2. The van der Waals surface area contributed by atoms with Crippen molar-refractivity contribution in [1.82, 2.24) is 14.9 Å². The highest BCUT2D eigenvalue weighted by Gasteiger charge is 2.54. The molecule has 2 amide bonds. The van der Waals surface area contributed by atoms with Crippen LogP contribution < -0.4 is 14.9 Å². The number of carboxylic acids is 3. The predicted molar refractivity (Wildman–Crippen MR) is 173 cm³/mol. The van der Waals surface area contributed by atoms with Gasteiger partial charge < -0.3 is 40.5 Å². The Balaban J connectivity index is 1.65. The fourth-order valence-electron chi connectivity index (χ4n) is 5.59. The lowest BCUT2D eigenvalue weighted by Crippen LogP contribution is -2.60. The maximum atomic E-state index is 13.3. The maximum absolute atomic E-state index is 13.3. The van der Waals surface area contributed by atoms with Gasteiger partial charge in [0.05, 0.1) is 24.3 Å². The molecule has 1 unspecified atom stereocenters. The van der Waals surface area contributed by atoms with E-state index in [-0.39, 0.29) is 37.1 Å². The molecule has 274 valence electrons. The van der Waals surface area contributed by atoms with Gasteiger partial charge in [0.25, 0.3) is 0 Å². The number of carbonyl (C=O) groups is 6. The van der Waals surface area contributed by atoms with Gasteiger partial charge in [-0.3, -0.25) is 24.1 Å². The number of unbranched alkanes of at least 4 members (excludes halogenated alkanes) is 1. The zero-order valence-corrected chi connectivity index (χ0v) is 28.1. The van der Waals surface area contributed by atoms with Crippen LogP contribution in [-0.2, 0) is 43.5 Å². The first-order valence-electron chi connectivity index (χ1n) is 15.4. The van der Waals surface area contributed by atoms with Crippen LogP contribution >= 0.6 is 0 Å². The summed E-state index contributed by atoms with van der Waals surface area (Å²) in [4.78, 5) is 74.5. The number of ether oxygens (including phenoxy) is 1. The summed E-state index contributed by atoms with van der Waals surface area (Å²) < 4.78 is 33.8. The van der Waals surface area contributed by atoms with Crippen LogP contribution in [0.15, 0.2) is 41.3 Å². The number of hydrogen-bond donors (Lipinski definition) is 7. The minimum absolute atomic E-state index is 0.0559. The number of fused-ring (bicyclic) bond motifs is 1. The van der Waals surface area contributed by atoms with E-state index < -0.39 is 95.5 Å². The molecule has 1 aliphatic rings. The first kappa shape index (κ1) is 39.6. The Morgan fingerprint density at radius 3 is 2.28 bits per heavy atom. The minimum atomic E-state index is -3.99. The second-order valence-electron chi connectivity index (χ2n) is 11.9. The van der Waals surface area contributed by atoms with E-state index in [1.54, 1.807) is 24.3 Å². The maximum Gasteiger partial charge on any atom is 0.357 e. The minimum Gasteiger partial charge on any atom is -0.481 e. The monoisotopic (exact) mass is 724 g/mol. The molecule has 0 aromatic heterocycles. The zero-order chi connectivity index (χ0) is 37.4. The summed E-state index contributed by atoms with van der Waals surface area (Å²) in [6.07, 6.45) is -3.32. The molecule has 19 heteroatoms. The smallest absolute Gasteiger partial charge is 0.357 e. The molecule has 2 aromatic carbocycles. The standard InChI is InChI=1S/C31H40N4O14S/c1-34(2)21-10-5-8-20-19(21)7-6-11-23(20)50(47,48)33-14-4-3-9-22(35-24(36)12-13-31(35,46)29(43)44)27(40)32-15-16-49-26(39)18-30(45,28(41)42)17-25(37)38/h5-8,10-11,22,33,45-46H,3-4,9,12-18H2,1-2H3,(H,32,40)(H,37,38)(H,41,42)(H,43,44)/t22-,30-,31?/m0/s1. The molecule has 7 N–H and O–H groups in total. The number of carboxylic acid groups (broad SMARTS) is 3. The number of rotatable bonds is 19. The summed E-state index contributed by atoms with van der Waals surface area (Å²) >= 11 is 0. The van der Waals surface area contributed by atoms with E-state index in [0.717, 1.165) is 11.1 Å². The van der Waals surface area contributed by atoms with Crippen LogP contribution in [0.5, 0.6) is 0 Å². The molecule has 18 nitrogen and oxygen atoms in total. The zero-order valence-electron chi connectivity index (χ0n) is 27.3. The van der Waals surface area contributed by atoms with Crippen molar-refractivity contribution in [1.29, 1.82) is 0 Å². The molecule has 0 aliphatic carbocycles. The van der Waals surface area contributed by atoms with Crippen LogP contribution in [0.3, 0.4) is 0 Å². The molecular weight excluding hydrogens is 684 g/mol. The molecule has 0 spiro atoms. The van der Waals surface area contributed by atoms with Gasteiger partial charge in [-0.2, -0.15) is 0 Å². The van der Waals surface area contributed by atoms with Gasteiger partial charge in [-0.05, 0) is 31.4 Å². The Hall–Kier alpha value is -4.85. The van der Waals surface area contributed by atoms with Gasteiger partial charge in [0, 0.05) is 49.9 Å². The fourth-order valence-corrected chi connectivity index (χ4v) is 6.89. The highest BCUT2D eigenvalue weighted by atomic mass is 32.2. The molecule has 1 heterocycles. The molecule has 0 bridgehead atoms. The number of aliphatic carboxylic acids is 3. The Bertz CT molecular complexity index is 1750. The van der Waals surface area contributed by atoms with E-state index in [9.17, 15) is 52.5 Å². The van der Waals surface area contributed by atoms with E-state index in [1.165, 1.54) is 6.07 Å². The number of anilines is 1. The Kier molecular flexibility index (Phi) is 12.9. The quantitative estimate of drug-likeness (QED) is 0.0708. The summed E-state index contributed by atoms with van der Waals surface area (Å²) in [5, 5.41) is 51.9. The highest BCUT2D eigenvalue weighted by molar-refractivity contribution is 7.89. The first-order valence-corrected chi connectivity index (χ1v) is 16.9. The topological polar surface area (TPSA) is 277 Å². The molecule has 1 aliphatic heterocycles. The van der Waals surface area contributed by atoms with Crippen molar-refractivity contribution in [3.05, 3.63) is 36.4 Å². The van der Waals surface area contributed by atoms with Crippen molar-refractivity contribution < 1.29 is 67.5 Å². The van der Waals surface area contributed by atoms with Crippen LogP contribution in [0.25, 0.3) is 10.8 Å². The SMILES string of the molecule is CN(C)c1cccc2c(S(=O)(=O)NCCCC[C@@H](C(=O)NCCOC(=O)C[C@@](O)(CC(=O)O)C(=O)O)N3C(=O)CCC3(O)C(=O)O)cccc12. The number of esters is 1. The van der Waals surface area contributed by atoms with Crippen LogP contribution in [-0.4, -0.2) is 126 Å². The molecule has 1 fully saturated rings. The highest BCUT2D eigenvalue weighted by Crippen LogP contribution is 2.33. The van der Waals surface area contributed by atoms with Crippen molar-refractivity contribution in [2.24, 2.45) is 0 Å². The number of nitrogens with zero attached hydrogens (tertiary/aromatic N) is 2. The Morgan fingerprint density at radius 2 is 1.66 bits per heavy atom. The summed E-state index contributed by atoms with van der Waals surface area (Å²) in [5.74, 6) is -8.45. The Labute approximate surface area is 286 Å². The van der Waals surface area contributed by atoms with Crippen LogP contribution in [0.1, 0.15) is 44.9 Å². The summed E-state index contributed by atoms with van der Waals surface area (Å²) in [6, 6.07) is 8.65. The van der Waals surface area contributed by atoms with E-state index in [4.69, 9.17) is 14.9 Å². The molecule has 3 rings (SSSR count). The van der Waals surface area contributed by atoms with Crippen LogP contribution in [0.2, 0.25) is 0 Å². The number of aliphatic hydroxyl groups is 2. The van der Waals surface area contributed by atoms with Gasteiger partial charge in [-0.15, -0.1) is 0 Å². The molecule has 1 saturated heterocycles. The van der Waals surface area contributed by atoms with E-state index in [1.807, 2.05) is 25.1 Å². The molecule has 0 radical (unpaired) electrons. The van der Waals surface area contributed by atoms with Crippen molar-refractivity contribution in [2.45, 2.75) is 67.2 Å². The van der Waals surface area contributed by atoms with Crippen molar-refractivity contribution in [3.63, 3.8) is 0 Å². The molecule has 3 atom stereocenters. The normalized spacial score (nSPS) is 17.9. The lowest BCUT2D eigenvalue weighted by Gasteiger charge is -2.35. The fraction of sp³-hybridized carbons (Fsp3) is 0.484. The van der Waals surface area contributed by atoms with E-state index in [0.29, 0.717) is 10.3 Å². The van der Waals surface area contributed by atoms with Crippen molar-refractivity contribution in [2.75, 3.05) is 38.7 Å².